The first-order valence-corrected chi connectivity index (χ1v) is 7.14. The Labute approximate surface area is 125 Å². The molecular formula is C14H14N2O4S. The molecule has 0 aliphatic heterocycles. The van der Waals surface area contributed by atoms with E-state index in [1.165, 1.54) is 11.8 Å². The van der Waals surface area contributed by atoms with Crippen LogP contribution in [0, 0.1) is 13.8 Å². The quantitative estimate of drug-likeness (QED) is 0.825. The van der Waals surface area contributed by atoms with E-state index in [-0.39, 0.29) is 17.2 Å². The molecule has 2 rings (SSSR count). The van der Waals surface area contributed by atoms with Gasteiger partial charge in [-0.05, 0) is 31.5 Å². The number of nitrogens with zero attached hydrogens (tertiary/aromatic N) is 1. The summed E-state index contributed by atoms with van der Waals surface area (Å²) in [5.74, 6) is -0.764. The molecule has 21 heavy (non-hydrogen) atoms. The fourth-order valence-corrected chi connectivity index (χ4v) is 2.40. The molecule has 6 nitrogen and oxygen atoms in total. The van der Waals surface area contributed by atoms with E-state index in [1.54, 1.807) is 38.1 Å². The highest BCUT2D eigenvalue weighted by molar-refractivity contribution is 8.00. The van der Waals surface area contributed by atoms with Crippen LogP contribution < -0.4 is 5.32 Å². The van der Waals surface area contributed by atoms with Crippen molar-refractivity contribution in [1.82, 2.24) is 5.16 Å². The summed E-state index contributed by atoms with van der Waals surface area (Å²) in [5, 5.41) is 15.3. The Bertz CT molecular complexity index is 681. The van der Waals surface area contributed by atoms with Crippen molar-refractivity contribution in [3.8, 4) is 0 Å². The summed E-state index contributed by atoms with van der Waals surface area (Å²) >= 11 is 1.26. The molecule has 0 saturated heterocycles. The lowest BCUT2D eigenvalue weighted by atomic mass is 10.1. The van der Waals surface area contributed by atoms with E-state index in [0.29, 0.717) is 17.1 Å². The van der Waals surface area contributed by atoms with Crippen LogP contribution in [0.25, 0.3) is 0 Å². The molecule has 0 saturated carbocycles. The van der Waals surface area contributed by atoms with E-state index in [2.05, 4.69) is 10.5 Å². The molecule has 2 aromatic rings. The second-order valence-corrected chi connectivity index (χ2v) is 5.50. The molecule has 0 aliphatic rings. The third kappa shape index (κ3) is 4.09. The number of hydrogen-bond acceptors (Lipinski definition) is 5. The molecule has 1 aromatic carbocycles. The fraction of sp³-hybridized carbons (Fsp3) is 0.214. The van der Waals surface area contributed by atoms with Gasteiger partial charge in [-0.2, -0.15) is 0 Å². The molecule has 1 heterocycles. The minimum absolute atomic E-state index is 0.155. The van der Waals surface area contributed by atoms with Crippen LogP contribution in [-0.4, -0.2) is 27.9 Å². The van der Waals surface area contributed by atoms with E-state index in [0.717, 1.165) is 4.90 Å². The van der Waals surface area contributed by atoms with Crippen molar-refractivity contribution in [3.63, 3.8) is 0 Å². The van der Waals surface area contributed by atoms with Crippen molar-refractivity contribution in [3.05, 3.63) is 41.1 Å². The smallest absolute Gasteiger partial charge is 0.335 e. The SMILES string of the molecule is Cc1cc(NC(=O)CSc2ccc(C)c(C(=O)O)c2)on1. The number of anilines is 1. The molecule has 0 unspecified atom stereocenters. The fourth-order valence-electron chi connectivity index (χ4n) is 1.67. The molecule has 7 heteroatoms. The van der Waals surface area contributed by atoms with E-state index in [4.69, 9.17) is 9.63 Å². The number of thioether (sulfide) groups is 1. The minimum Gasteiger partial charge on any atom is -0.478 e. The zero-order chi connectivity index (χ0) is 15.4. The topological polar surface area (TPSA) is 92.4 Å². The van der Waals surface area contributed by atoms with Crippen LogP contribution in [0.5, 0.6) is 0 Å². The summed E-state index contributed by atoms with van der Waals surface area (Å²) in [6, 6.07) is 6.70. The molecule has 0 radical (unpaired) electrons. The maximum Gasteiger partial charge on any atom is 0.335 e. The standard InChI is InChI=1S/C14H14N2O4S/c1-8-3-4-10(6-11(8)14(18)19)21-7-12(17)15-13-5-9(2)16-20-13/h3-6H,7H2,1-2H3,(H,15,17)(H,18,19). The average Bonchev–Trinajstić information content (AvgIpc) is 2.82. The highest BCUT2D eigenvalue weighted by Crippen LogP contribution is 2.22. The molecule has 0 spiro atoms. The van der Waals surface area contributed by atoms with Crippen LogP contribution >= 0.6 is 11.8 Å². The van der Waals surface area contributed by atoms with Gasteiger partial charge in [0.05, 0.1) is 17.0 Å². The highest BCUT2D eigenvalue weighted by atomic mass is 32.2. The van der Waals surface area contributed by atoms with Crippen LogP contribution in [-0.2, 0) is 4.79 Å². The number of carbonyl (C=O) groups excluding carboxylic acids is 1. The Morgan fingerprint density at radius 2 is 2.10 bits per heavy atom. The van der Waals surface area contributed by atoms with E-state index in [9.17, 15) is 9.59 Å². The van der Waals surface area contributed by atoms with Crippen LogP contribution in [0.1, 0.15) is 21.6 Å². The largest absolute Gasteiger partial charge is 0.478 e. The van der Waals surface area contributed by atoms with Gasteiger partial charge in [-0.15, -0.1) is 11.8 Å². The van der Waals surface area contributed by atoms with Gasteiger partial charge in [0.25, 0.3) is 0 Å². The van der Waals surface area contributed by atoms with Crippen molar-refractivity contribution < 1.29 is 19.2 Å². The van der Waals surface area contributed by atoms with Crippen molar-refractivity contribution in [2.24, 2.45) is 0 Å². The lowest BCUT2D eigenvalue weighted by Crippen LogP contribution is -2.13. The molecule has 1 aromatic heterocycles. The van der Waals surface area contributed by atoms with Gasteiger partial charge >= 0.3 is 5.97 Å². The highest BCUT2D eigenvalue weighted by Gasteiger charge is 2.10. The number of hydrogen-bond donors (Lipinski definition) is 2. The van der Waals surface area contributed by atoms with Crippen LogP contribution in [0.2, 0.25) is 0 Å². The van der Waals surface area contributed by atoms with Gasteiger partial charge in [0.1, 0.15) is 0 Å². The van der Waals surface area contributed by atoms with E-state index in [1.807, 2.05) is 0 Å². The molecule has 0 atom stereocenters. The summed E-state index contributed by atoms with van der Waals surface area (Å²) in [6.07, 6.45) is 0. The molecule has 0 aliphatic carbocycles. The maximum atomic E-state index is 11.7. The van der Waals surface area contributed by atoms with E-state index < -0.39 is 5.97 Å². The maximum absolute atomic E-state index is 11.7. The predicted molar refractivity (Wildman–Crippen MR) is 78.7 cm³/mol. The number of amides is 1. The molecular weight excluding hydrogens is 292 g/mol. The summed E-state index contributed by atoms with van der Waals surface area (Å²) in [7, 11) is 0. The lowest BCUT2D eigenvalue weighted by molar-refractivity contribution is -0.113. The number of carboxylic acids is 1. The van der Waals surface area contributed by atoms with Crippen molar-refractivity contribution in [1.29, 1.82) is 0 Å². The predicted octanol–water partition coefficient (Wildman–Crippen LogP) is 2.72. The number of benzene rings is 1. The third-order valence-corrected chi connectivity index (χ3v) is 3.69. The van der Waals surface area contributed by atoms with Gasteiger partial charge in [0, 0.05) is 11.0 Å². The summed E-state index contributed by atoms with van der Waals surface area (Å²) < 4.78 is 4.88. The number of aromatic carboxylic acids is 1. The van der Waals surface area contributed by atoms with Crippen LogP contribution in [0.15, 0.2) is 33.7 Å². The van der Waals surface area contributed by atoms with Gasteiger partial charge in [-0.1, -0.05) is 11.2 Å². The lowest BCUT2D eigenvalue weighted by Gasteiger charge is -2.05. The number of nitrogens with one attached hydrogen (secondary N) is 1. The molecule has 0 fully saturated rings. The second-order valence-electron chi connectivity index (χ2n) is 4.45. The second kappa shape index (κ2) is 6.45. The van der Waals surface area contributed by atoms with Gasteiger partial charge in [0.15, 0.2) is 0 Å². The number of rotatable bonds is 5. The van der Waals surface area contributed by atoms with Gasteiger partial charge < -0.3 is 9.63 Å². The number of aryl methyl sites for hydroxylation is 2. The Hall–Kier alpha value is -2.28. The summed E-state index contributed by atoms with van der Waals surface area (Å²) in [6.45, 7) is 3.49. The Balaban J connectivity index is 1.95. The van der Waals surface area contributed by atoms with Crippen LogP contribution in [0.4, 0.5) is 5.88 Å². The first-order valence-electron chi connectivity index (χ1n) is 6.15. The Kier molecular flexibility index (Phi) is 4.64. The van der Waals surface area contributed by atoms with Crippen molar-refractivity contribution >= 4 is 29.5 Å². The Morgan fingerprint density at radius 1 is 1.33 bits per heavy atom. The third-order valence-electron chi connectivity index (χ3n) is 2.70. The first-order chi connectivity index (χ1) is 9.95. The normalized spacial score (nSPS) is 10.4. The number of carboxylic acid groups (broad SMARTS) is 1. The van der Waals surface area contributed by atoms with Gasteiger partial charge in [-0.3, -0.25) is 10.1 Å². The molecule has 2 N–H and O–H groups in total. The summed E-state index contributed by atoms with van der Waals surface area (Å²) in [5.41, 5.74) is 1.61. The van der Waals surface area contributed by atoms with Crippen molar-refractivity contribution in [2.45, 2.75) is 18.7 Å². The number of carbonyl (C=O) groups is 2. The van der Waals surface area contributed by atoms with Gasteiger partial charge in [-0.25, -0.2) is 4.79 Å². The summed E-state index contributed by atoms with van der Waals surface area (Å²) in [4.78, 5) is 23.5. The first kappa shape index (κ1) is 15.1. The zero-order valence-corrected chi connectivity index (χ0v) is 12.4. The average molecular weight is 306 g/mol. The molecule has 1 amide bonds. The van der Waals surface area contributed by atoms with Crippen LogP contribution in [0.3, 0.4) is 0 Å². The Morgan fingerprint density at radius 3 is 2.71 bits per heavy atom. The van der Waals surface area contributed by atoms with E-state index >= 15 is 0 Å². The molecule has 0 bridgehead atoms. The monoisotopic (exact) mass is 306 g/mol. The zero-order valence-electron chi connectivity index (χ0n) is 11.5. The minimum atomic E-state index is -0.975. The van der Waals surface area contributed by atoms with Gasteiger partial charge in [0.2, 0.25) is 11.8 Å². The van der Waals surface area contributed by atoms with Crippen molar-refractivity contribution in [2.75, 3.05) is 11.1 Å². The number of aromatic nitrogens is 1. The molecule has 110 valence electrons.